The summed E-state index contributed by atoms with van der Waals surface area (Å²) in [7, 11) is 0. The van der Waals surface area contributed by atoms with E-state index in [1.807, 2.05) is 6.92 Å². The van der Waals surface area contributed by atoms with Crippen LogP contribution in [0.3, 0.4) is 0 Å². The van der Waals surface area contributed by atoms with E-state index in [0.717, 1.165) is 50.9 Å². The van der Waals surface area contributed by atoms with Crippen molar-refractivity contribution in [1.29, 1.82) is 0 Å². The zero-order chi connectivity index (χ0) is 24.6. The third kappa shape index (κ3) is 6.51. The van der Waals surface area contributed by atoms with Crippen molar-refractivity contribution in [2.24, 2.45) is 11.8 Å². The van der Waals surface area contributed by atoms with Crippen LogP contribution in [0.15, 0.2) is 42.6 Å². The minimum Gasteiger partial charge on any atom is -0.490 e. The number of benzene rings is 1. The highest BCUT2D eigenvalue weighted by atomic mass is 19.2. The topological polar surface area (TPSA) is 22.1 Å². The van der Waals surface area contributed by atoms with Crippen LogP contribution in [0.25, 0.3) is 0 Å². The van der Waals surface area contributed by atoms with Gasteiger partial charge in [-0.3, -0.25) is 4.98 Å². The van der Waals surface area contributed by atoms with Gasteiger partial charge in [-0.05, 0) is 119 Å². The Morgan fingerprint density at radius 2 is 1.57 bits per heavy atom. The monoisotopic (exact) mass is 481 g/mol. The molecule has 0 amide bonds. The summed E-state index contributed by atoms with van der Waals surface area (Å²) >= 11 is 0. The molecule has 0 N–H and O–H groups in total. The molecule has 4 heteroatoms. The summed E-state index contributed by atoms with van der Waals surface area (Å²) in [5.74, 6) is 0.688. The Kier molecular flexibility index (Phi) is 9.34. The lowest BCUT2D eigenvalue weighted by Crippen LogP contribution is -2.25. The molecule has 190 valence electrons. The number of allylic oxidation sites excluding steroid dienone is 2. The van der Waals surface area contributed by atoms with Crippen LogP contribution in [-0.2, 0) is 6.42 Å². The molecular formula is C31H41F2NO. The lowest BCUT2D eigenvalue weighted by atomic mass is 9.68. The molecule has 0 spiro atoms. The maximum atomic E-state index is 14.8. The maximum absolute atomic E-state index is 14.8. The molecule has 2 saturated carbocycles. The molecule has 2 nitrogen and oxygen atoms in total. The Hall–Kier alpha value is -2.23. The first-order valence-corrected chi connectivity index (χ1v) is 13.8. The van der Waals surface area contributed by atoms with E-state index in [1.165, 1.54) is 36.9 Å². The largest absolute Gasteiger partial charge is 0.490 e. The number of hydrogen-bond acceptors (Lipinski definition) is 2. The summed E-state index contributed by atoms with van der Waals surface area (Å²) in [5, 5.41) is 0. The summed E-state index contributed by atoms with van der Waals surface area (Å²) in [4.78, 5) is 4.80. The van der Waals surface area contributed by atoms with E-state index in [9.17, 15) is 8.78 Å². The van der Waals surface area contributed by atoms with Gasteiger partial charge in [-0.25, -0.2) is 4.39 Å². The summed E-state index contributed by atoms with van der Waals surface area (Å²) in [6.45, 7) is 4.42. The van der Waals surface area contributed by atoms with Crippen LogP contribution < -0.4 is 4.74 Å². The number of ether oxygens (including phenoxy) is 1. The van der Waals surface area contributed by atoms with E-state index in [-0.39, 0.29) is 11.7 Å². The average molecular weight is 482 g/mol. The molecule has 2 aliphatic rings. The average Bonchev–Trinajstić information content (AvgIpc) is 2.90. The Morgan fingerprint density at radius 3 is 2.17 bits per heavy atom. The van der Waals surface area contributed by atoms with Gasteiger partial charge in [0.25, 0.3) is 0 Å². The second kappa shape index (κ2) is 12.6. The second-order valence-electron chi connectivity index (χ2n) is 10.6. The summed E-state index contributed by atoms with van der Waals surface area (Å²) < 4.78 is 34.6. The van der Waals surface area contributed by atoms with Gasteiger partial charge in [0, 0.05) is 17.8 Å². The molecule has 0 unspecified atom stereocenters. The molecule has 1 aromatic heterocycles. The molecule has 0 saturated heterocycles. The summed E-state index contributed by atoms with van der Waals surface area (Å²) in [5.41, 5.74) is 3.11. The molecule has 0 atom stereocenters. The van der Waals surface area contributed by atoms with Gasteiger partial charge < -0.3 is 4.74 Å². The molecule has 0 bridgehead atoms. The fourth-order valence-corrected chi connectivity index (χ4v) is 6.22. The van der Waals surface area contributed by atoms with Crippen molar-refractivity contribution in [3.05, 3.63) is 71.1 Å². The van der Waals surface area contributed by atoms with Crippen molar-refractivity contribution in [2.75, 3.05) is 6.61 Å². The van der Waals surface area contributed by atoms with Gasteiger partial charge in [0.05, 0.1) is 6.61 Å². The lowest BCUT2D eigenvalue weighted by Gasteiger charge is -2.38. The molecule has 2 fully saturated rings. The van der Waals surface area contributed by atoms with Crippen molar-refractivity contribution in [1.82, 2.24) is 4.98 Å². The van der Waals surface area contributed by atoms with Crippen LogP contribution in [0.4, 0.5) is 8.78 Å². The second-order valence-corrected chi connectivity index (χ2v) is 10.6. The molecule has 35 heavy (non-hydrogen) atoms. The van der Waals surface area contributed by atoms with Gasteiger partial charge in [0.2, 0.25) is 5.82 Å². The Bertz CT molecular complexity index is 955. The van der Waals surface area contributed by atoms with Crippen molar-refractivity contribution in [3.63, 3.8) is 0 Å². The Morgan fingerprint density at radius 1 is 0.886 bits per heavy atom. The van der Waals surface area contributed by atoms with E-state index in [0.29, 0.717) is 24.0 Å². The molecule has 4 rings (SSSR count). The zero-order valence-electron chi connectivity index (χ0n) is 21.4. The van der Waals surface area contributed by atoms with Crippen LogP contribution in [0.2, 0.25) is 0 Å². The number of rotatable bonds is 9. The first-order valence-electron chi connectivity index (χ1n) is 13.8. The molecule has 2 aliphatic carbocycles. The Balaban J connectivity index is 1.26. The van der Waals surface area contributed by atoms with Crippen LogP contribution in [-0.4, -0.2) is 11.6 Å². The zero-order valence-corrected chi connectivity index (χ0v) is 21.4. The van der Waals surface area contributed by atoms with Gasteiger partial charge in [-0.2, -0.15) is 4.39 Å². The standard InChI is InChI=1S/C31H41F2NO/c1-3-5-6-7-22-8-18-28(34-21-22)26-15-11-24(12-16-26)23-9-13-25(14-10-23)27-17-19-29(35-20-4-2)31(33)30(27)32/h3,5,8,17-19,21,23-26H,4,6-7,9-16,20H2,1-2H3/b5-3+. The van der Waals surface area contributed by atoms with E-state index < -0.39 is 11.6 Å². The van der Waals surface area contributed by atoms with Crippen LogP contribution in [0, 0.1) is 23.5 Å². The number of aryl methyl sites for hydroxylation is 1. The molecule has 0 aliphatic heterocycles. The predicted molar refractivity (Wildman–Crippen MR) is 139 cm³/mol. The fraction of sp³-hybridized carbons (Fsp3) is 0.581. The molecule has 2 aromatic rings. The normalized spacial score (nSPS) is 25.1. The SMILES string of the molecule is C/C=C/CCc1ccc(C2CCC(C3CCC(c4ccc(OCCC)c(F)c4F)CC3)CC2)nc1. The number of nitrogens with zero attached hydrogens (tertiary/aromatic N) is 1. The fourth-order valence-electron chi connectivity index (χ4n) is 6.22. The highest BCUT2D eigenvalue weighted by molar-refractivity contribution is 5.33. The molecule has 0 radical (unpaired) electrons. The Labute approximate surface area is 210 Å². The van der Waals surface area contributed by atoms with Crippen molar-refractivity contribution >= 4 is 0 Å². The van der Waals surface area contributed by atoms with Gasteiger partial charge in [0.1, 0.15) is 0 Å². The summed E-state index contributed by atoms with van der Waals surface area (Å²) in [6.07, 6.45) is 18.4. The minimum atomic E-state index is -0.823. The van der Waals surface area contributed by atoms with Crippen molar-refractivity contribution < 1.29 is 13.5 Å². The van der Waals surface area contributed by atoms with Crippen LogP contribution in [0.5, 0.6) is 5.75 Å². The smallest absolute Gasteiger partial charge is 0.200 e. The molecule has 1 aromatic carbocycles. The molecule has 1 heterocycles. The van der Waals surface area contributed by atoms with E-state index in [4.69, 9.17) is 9.72 Å². The third-order valence-electron chi connectivity index (χ3n) is 8.29. The first kappa shape index (κ1) is 25.9. The van der Waals surface area contributed by atoms with Crippen LogP contribution >= 0.6 is 0 Å². The maximum Gasteiger partial charge on any atom is 0.200 e. The minimum absolute atomic E-state index is 0.0383. The quantitative estimate of drug-likeness (QED) is 0.334. The van der Waals surface area contributed by atoms with Crippen LogP contribution in [0.1, 0.15) is 107 Å². The predicted octanol–water partition coefficient (Wildman–Crippen LogP) is 8.91. The van der Waals surface area contributed by atoms with Gasteiger partial charge in [-0.1, -0.05) is 31.2 Å². The number of hydrogen-bond donors (Lipinski definition) is 0. The highest BCUT2D eigenvalue weighted by Gasteiger charge is 2.33. The number of aromatic nitrogens is 1. The van der Waals surface area contributed by atoms with Crippen molar-refractivity contribution in [3.8, 4) is 5.75 Å². The van der Waals surface area contributed by atoms with E-state index in [2.05, 4.69) is 37.4 Å². The van der Waals surface area contributed by atoms with Gasteiger partial charge in [-0.15, -0.1) is 0 Å². The van der Waals surface area contributed by atoms with E-state index in [1.54, 1.807) is 12.1 Å². The highest BCUT2D eigenvalue weighted by Crippen LogP contribution is 2.46. The lowest BCUT2D eigenvalue weighted by molar-refractivity contribution is 0.175. The number of pyridine rings is 1. The van der Waals surface area contributed by atoms with Crippen molar-refractivity contribution in [2.45, 2.75) is 96.3 Å². The van der Waals surface area contributed by atoms with Gasteiger partial charge >= 0.3 is 0 Å². The number of halogens is 2. The molecular weight excluding hydrogens is 440 g/mol. The third-order valence-corrected chi connectivity index (χ3v) is 8.29. The first-order chi connectivity index (χ1) is 17.1. The van der Waals surface area contributed by atoms with Gasteiger partial charge in [0.15, 0.2) is 11.6 Å². The summed E-state index contributed by atoms with van der Waals surface area (Å²) in [6, 6.07) is 7.86. The van der Waals surface area contributed by atoms with E-state index >= 15 is 0 Å².